The molecule has 0 spiro atoms. The maximum absolute atomic E-state index is 12.0. The van der Waals surface area contributed by atoms with Crippen LogP contribution in [0, 0.1) is 17.8 Å². The van der Waals surface area contributed by atoms with Gasteiger partial charge in [0.2, 0.25) is 0 Å². The number of fused-ring (bicyclic) bond motifs is 2. The number of nitrogens with zero attached hydrogens (tertiary/aromatic N) is 1. The molecule has 2 amide bonds. The lowest BCUT2D eigenvalue weighted by atomic mass is 9.84. The zero-order chi connectivity index (χ0) is 14.8. The lowest BCUT2D eigenvalue weighted by molar-refractivity contribution is -0.144. The number of rotatable bonds is 4. The van der Waals surface area contributed by atoms with Crippen LogP contribution in [0.15, 0.2) is 24.4 Å². The molecule has 2 aliphatic carbocycles. The lowest BCUT2D eigenvalue weighted by Crippen LogP contribution is -2.50. The molecular weight excluding hydrogens is 270 g/mol. The van der Waals surface area contributed by atoms with Gasteiger partial charge in [0.1, 0.15) is 0 Å². The van der Waals surface area contributed by atoms with Gasteiger partial charge in [-0.1, -0.05) is 6.07 Å². The number of pyridine rings is 1. The van der Waals surface area contributed by atoms with Crippen molar-refractivity contribution < 1.29 is 14.7 Å². The smallest absolute Gasteiger partial charge is 0.315 e. The lowest BCUT2D eigenvalue weighted by Gasteiger charge is -2.28. The average molecular weight is 289 g/mol. The summed E-state index contributed by atoms with van der Waals surface area (Å²) in [6, 6.07) is 4.95. The van der Waals surface area contributed by atoms with Crippen molar-refractivity contribution in [2.24, 2.45) is 17.8 Å². The van der Waals surface area contributed by atoms with Gasteiger partial charge < -0.3 is 15.7 Å². The van der Waals surface area contributed by atoms with Crippen LogP contribution in [0.4, 0.5) is 4.79 Å². The molecule has 0 aromatic carbocycles. The molecule has 1 aromatic heterocycles. The summed E-state index contributed by atoms with van der Waals surface area (Å²) in [4.78, 5) is 27.5. The van der Waals surface area contributed by atoms with E-state index >= 15 is 0 Å². The van der Waals surface area contributed by atoms with Crippen LogP contribution in [0.2, 0.25) is 0 Å². The van der Waals surface area contributed by atoms with E-state index in [1.807, 2.05) is 18.2 Å². The SMILES string of the molecule is O=C(NCc1ccccn1)NC1C2CCC(C2)C1C(=O)O. The molecule has 4 unspecified atom stereocenters. The molecular formula is C15H19N3O3. The van der Waals surface area contributed by atoms with E-state index in [-0.39, 0.29) is 18.0 Å². The quantitative estimate of drug-likeness (QED) is 0.781. The first-order valence-electron chi connectivity index (χ1n) is 7.32. The Kier molecular flexibility index (Phi) is 3.77. The molecule has 2 aliphatic rings. The Balaban J connectivity index is 1.56. The predicted octanol–water partition coefficient (Wildman–Crippen LogP) is 1.38. The van der Waals surface area contributed by atoms with Crippen LogP contribution in [0.5, 0.6) is 0 Å². The van der Waals surface area contributed by atoms with E-state index in [0.29, 0.717) is 12.5 Å². The van der Waals surface area contributed by atoms with Gasteiger partial charge in [0.25, 0.3) is 0 Å². The minimum Gasteiger partial charge on any atom is -0.481 e. The van der Waals surface area contributed by atoms with E-state index in [1.54, 1.807) is 6.20 Å². The summed E-state index contributed by atoms with van der Waals surface area (Å²) in [6.45, 7) is 0.339. The molecule has 21 heavy (non-hydrogen) atoms. The maximum atomic E-state index is 12.0. The third-order valence-corrected chi connectivity index (χ3v) is 4.66. The van der Waals surface area contributed by atoms with Gasteiger partial charge in [-0.3, -0.25) is 9.78 Å². The summed E-state index contributed by atoms with van der Waals surface area (Å²) >= 11 is 0. The standard InChI is InChI=1S/C15H19N3O3/c19-14(20)12-9-4-5-10(7-9)13(12)18-15(21)17-8-11-3-1-2-6-16-11/h1-3,6,9-10,12-13H,4-5,7-8H2,(H,19,20)(H2,17,18,21). The van der Waals surface area contributed by atoms with Gasteiger partial charge in [-0.2, -0.15) is 0 Å². The fourth-order valence-corrected chi connectivity index (χ4v) is 3.73. The first kappa shape index (κ1) is 13.9. The Hall–Kier alpha value is -2.11. The van der Waals surface area contributed by atoms with E-state index in [0.717, 1.165) is 25.0 Å². The van der Waals surface area contributed by atoms with Crippen molar-refractivity contribution >= 4 is 12.0 Å². The highest BCUT2D eigenvalue weighted by molar-refractivity contribution is 5.77. The Morgan fingerprint density at radius 3 is 2.81 bits per heavy atom. The third kappa shape index (κ3) is 2.84. The largest absolute Gasteiger partial charge is 0.481 e. The van der Waals surface area contributed by atoms with Crippen molar-refractivity contribution in [2.75, 3.05) is 0 Å². The van der Waals surface area contributed by atoms with Crippen LogP contribution in [0.1, 0.15) is 25.0 Å². The van der Waals surface area contributed by atoms with Crippen molar-refractivity contribution in [2.45, 2.75) is 31.8 Å². The van der Waals surface area contributed by atoms with Gasteiger partial charge in [0, 0.05) is 12.2 Å². The maximum Gasteiger partial charge on any atom is 0.315 e. The van der Waals surface area contributed by atoms with Crippen molar-refractivity contribution in [3.8, 4) is 0 Å². The van der Waals surface area contributed by atoms with Gasteiger partial charge in [-0.05, 0) is 43.2 Å². The summed E-state index contributed by atoms with van der Waals surface area (Å²) in [5.41, 5.74) is 0.773. The van der Waals surface area contributed by atoms with E-state index < -0.39 is 11.9 Å². The zero-order valence-electron chi connectivity index (χ0n) is 11.7. The van der Waals surface area contributed by atoms with Gasteiger partial charge in [-0.15, -0.1) is 0 Å². The summed E-state index contributed by atoms with van der Waals surface area (Å²) < 4.78 is 0. The highest BCUT2D eigenvalue weighted by Gasteiger charge is 2.51. The molecule has 3 N–H and O–H groups in total. The number of amides is 2. The number of carbonyl (C=O) groups excluding carboxylic acids is 1. The fourth-order valence-electron chi connectivity index (χ4n) is 3.73. The fraction of sp³-hybridized carbons (Fsp3) is 0.533. The third-order valence-electron chi connectivity index (χ3n) is 4.66. The van der Waals surface area contributed by atoms with E-state index in [9.17, 15) is 14.7 Å². The monoisotopic (exact) mass is 289 g/mol. The predicted molar refractivity (Wildman–Crippen MR) is 75.4 cm³/mol. The molecule has 1 heterocycles. The number of aliphatic carboxylic acids is 1. The highest BCUT2D eigenvalue weighted by Crippen LogP contribution is 2.48. The molecule has 6 heteroatoms. The van der Waals surface area contributed by atoms with Crippen molar-refractivity contribution in [1.29, 1.82) is 0 Å². The Labute approximate surface area is 123 Å². The van der Waals surface area contributed by atoms with Crippen molar-refractivity contribution in [1.82, 2.24) is 15.6 Å². The van der Waals surface area contributed by atoms with E-state index in [1.165, 1.54) is 0 Å². The molecule has 2 saturated carbocycles. The molecule has 2 bridgehead atoms. The summed E-state index contributed by atoms with van der Waals surface area (Å²) in [7, 11) is 0. The van der Waals surface area contributed by atoms with Crippen LogP contribution in [-0.4, -0.2) is 28.1 Å². The van der Waals surface area contributed by atoms with Gasteiger partial charge in [0.05, 0.1) is 18.2 Å². The second-order valence-electron chi connectivity index (χ2n) is 5.87. The molecule has 6 nitrogen and oxygen atoms in total. The first-order valence-corrected chi connectivity index (χ1v) is 7.32. The Morgan fingerprint density at radius 2 is 2.10 bits per heavy atom. The topological polar surface area (TPSA) is 91.3 Å². The number of nitrogens with one attached hydrogen (secondary N) is 2. The van der Waals surface area contributed by atoms with Crippen LogP contribution in [-0.2, 0) is 11.3 Å². The second-order valence-corrected chi connectivity index (χ2v) is 5.87. The minimum atomic E-state index is -0.794. The summed E-state index contributed by atoms with van der Waals surface area (Å²) in [5, 5.41) is 14.9. The highest BCUT2D eigenvalue weighted by atomic mass is 16.4. The molecule has 0 aliphatic heterocycles. The van der Waals surface area contributed by atoms with Crippen molar-refractivity contribution in [3.05, 3.63) is 30.1 Å². The number of hydrogen-bond acceptors (Lipinski definition) is 3. The van der Waals surface area contributed by atoms with E-state index in [4.69, 9.17) is 0 Å². The Morgan fingerprint density at radius 1 is 1.29 bits per heavy atom. The van der Waals surface area contributed by atoms with Crippen LogP contribution < -0.4 is 10.6 Å². The molecule has 3 rings (SSSR count). The van der Waals surface area contributed by atoms with Gasteiger partial charge in [-0.25, -0.2) is 4.79 Å². The van der Waals surface area contributed by atoms with Crippen LogP contribution >= 0.6 is 0 Å². The molecule has 4 atom stereocenters. The van der Waals surface area contributed by atoms with Gasteiger partial charge >= 0.3 is 12.0 Å². The number of carboxylic acid groups (broad SMARTS) is 1. The van der Waals surface area contributed by atoms with Gasteiger partial charge in [0.15, 0.2) is 0 Å². The number of carbonyl (C=O) groups is 2. The number of urea groups is 1. The minimum absolute atomic E-state index is 0.216. The molecule has 0 saturated heterocycles. The second kappa shape index (κ2) is 5.71. The van der Waals surface area contributed by atoms with Crippen molar-refractivity contribution in [3.63, 3.8) is 0 Å². The van der Waals surface area contributed by atoms with E-state index in [2.05, 4.69) is 15.6 Å². The number of carboxylic acids is 1. The normalized spacial score (nSPS) is 30.1. The molecule has 1 aromatic rings. The molecule has 2 fully saturated rings. The zero-order valence-corrected chi connectivity index (χ0v) is 11.7. The molecule has 112 valence electrons. The molecule has 0 radical (unpaired) electrons. The Bertz CT molecular complexity index is 534. The summed E-state index contributed by atoms with van der Waals surface area (Å²) in [5.74, 6) is -0.716. The van der Waals surface area contributed by atoms with Crippen LogP contribution in [0.3, 0.4) is 0 Å². The summed E-state index contributed by atoms with van der Waals surface area (Å²) in [6.07, 6.45) is 4.57. The number of aromatic nitrogens is 1. The first-order chi connectivity index (χ1) is 10.1. The number of hydrogen-bond donors (Lipinski definition) is 3. The van der Waals surface area contributed by atoms with Crippen LogP contribution in [0.25, 0.3) is 0 Å². The average Bonchev–Trinajstić information content (AvgIpc) is 3.07.